The standard InChI is InChI=1S/C18H21N7O3/c1-10-16(28-11(2)21-10)17(27)22-13-6-12(7-13)9-20-15(26)8-14-23-18-19-4-3-5-25(18)24-14/h3-5,12-13H,6-9H2,1-2H3,(H,20,26)(H,22,27). The first kappa shape index (κ1) is 18.1. The van der Waals surface area contributed by atoms with Crippen molar-refractivity contribution in [2.75, 3.05) is 6.54 Å². The molecular weight excluding hydrogens is 362 g/mol. The summed E-state index contributed by atoms with van der Waals surface area (Å²) in [6.07, 6.45) is 5.11. The van der Waals surface area contributed by atoms with E-state index in [0.29, 0.717) is 35.6 Å². The number of carbonyl (C=O) groups is 2. The first-order chi connectivity index (χ1) is 13.5. The summed E-state index contributed by atoms with van der Waals surface area (Å²) >= 11 is 0. The SMILES string of the molecule is Cc1nc(C)c(C(=O)NC2CC(CNC(=O)Cc3nc4ncccn4n3)C2)o1. The molecule has 0 bridgehead atoms. The average Bonchev–Trinajstić information content (AvgIpc) is 3.18. The average molecular weight is 383 g/mol. The molecule has 3 aromatic rings. The Labute approximate surface area is 160 Å². The highest BCUT2D eigenvalue weighted by molar-refractivity contribution is 5.92. The molecule has 1 fully saturated rings. The summed E-state index contributed by atoms with van der Waals surface area (Å²) < 4.78 is 6.87. The van der Waals surface area contributed by atoms with Gasteiger partial charge in [-0.25, -0.2) is 14.5 Å². The molecule has 1 aliphatic rings. The molecule has 1 saturated carbocycles. The van der Waals surface area contributed by atoms with Crippen LogP contribution < -0.4 is 10.6 Å². The molecule has 0 aromatic carbocycles. The summed E-state index contributed by atoms with van der Waals surface area (Å²) in [5, 5.41) is 10.1. The molecule has 28 heavy (non-hydrogen) atoms. The Morgan fingerprint density at radius 1 is 1.29 bits per heavy atom. The van der Waals surface area contributed by atoms with Gasteiger partial charge in [-0.2, -0.15) is 4.98 Å². The van der Waals surface area contributed by atoms with Crippen LogP contribution in [0, 0.1) is 19.8 Å². The number of aryl methyl sites for hydroxylation is 2. The van der Waals surface area contributed by atoms with E-state index in [0.717, 1.165) is 12.8 Å². The molecule has 0 atom stereocenters. The van der Waals surface area contributed by atoms with Gasteiger partial charge in [-0.05, 0) is 31.7 Å². The van der Waals surface area contributed by atoms with Crippen molar-refractivity contribution in [3.8, 4) is 0 Å². The Morgan fingerprint density at radius 3 is 2.82 bits per heavy atom. The number of hydrogen-bond acceptors (Lipinski definition) is 7. The van der Waals surface area contributed by atoms with Gasteiger partial charge in [-0.3, -0.25) is 9.59 Å². The topological polar surface area (TPSA) is 127 Å². The number of carbonyl (C=O) groups excluding carboxylic acids is 2. The van der Waals surface area contributed by atoms with Crippen LogP contribution in [-0.4, -0.2) is 49.0 Å². The lowest BCUT2D eigenvalue weighted by Gasteiger charge is -2.35. The fourth-order valence-corrected chi connectivity index (χ4v) is 3.33. The second-order valence-electron chi connectivity index (χ2n) is 7.03. The minimum Gasteiger partial charge on any atom is -0.436 e. The molecule has 2 amide bonds. The van der Waals surface area contributed by atoms with Crippen molar-refractivity contribution in [2.24, 2.45) is 5.92 Å². The number of aromatic nitrogens is 5. The van der Waals surface area contributed by atoms with E-state index < -0.39 is 0 Å². The third-order valence-corrected chi connectivity index (χ3v) is 4.75. The Bertz CT molecular complexity index is 986. The van der Waals surface area contributed by atoms with Gasteiger partial charge in [0.25, 0.3) is 11.7 Å². The third kappa shape index (κ3) is 3.85. The minimum atomic E-state index is -0.239. The zero-order valence-electron chi connectivity index (χ0n) is 15.7. The van der Waals surface area contributed by atoms with Gasteiger partial charge >= 0.3 is 0 Å². The summed E-state index contributed by atoms with van der Waals surface area (Å²) in [6, 6.07) is 1.84. The highest BCUT2D eigenvalue weighted by Crippen LogP contribution is 2.27. The summed E-state index contributed by atoms with van der Waals surface area (Å²) in [5.41, 5.74) is 0.592. The lowest BCUT2D eigenvalue weighted by atomic mass is 9.80. The summed E-state index contributed by atoms with van der Waals surface area (Å²) in [5.74, 6) is 1.62. The predicted octanol–water partition coefficient (Wildman–Crippen LogP) is 0.596. The first-order valence-electron chi connectivity index (χ1n) is 9.16. The van der Waals surface area contributed by atoms with Crippen molar-refractivity contribution in [3.63, 3.8) is 0 Å². The summed E-state index contributed by atoms with van der Waals surface area (Å²) in [4.78, 5) is 36.7. The van der Waals surface area contributed by atoms with Gasteiger partial charge in [0.1, 0.15) is 0 Å². The quantitative estimate of drug-likeness (QED) is 0.638. The summed E-state index contributed by atoms with van der Waals surface area (Å²) in [6.45, 7) is 4.03. The fourth-order valence-electron chi connectivity index (χ4n) is 3.33. The molecule has 2 N–H and O–H groups in total. The molecule has 0 spiro atoms. The smallest absolute Gasteiger partial charge is 0.289 e. The maximum atomic E-state index is 12.2. The van der Waals surface area contributed by atoms with Crippen molar-refractivity contribution in [1.82, 2.24) is 35.2 Å². The van der Waals surface area contributed by atoms with Gasteiger partial charge in [0.05, 0.1) is 12.1 Å². The first-order valence-corrected chi connectivity index (χ1v) is 9.16. The van der Waals surface area contributed by atoms with Gasteiger partial charge in [-0.15, -0.1) is 5.10 Å². The van der Waals surface area contributed by atoms with E-state index >= 15 is 0 Å². The molecule has 0 aliphatic heterocycles. The Hall–Kier alpha value is -3.30. The molecule has 146 valence electrons. The van der Waals surface area contributed by atoms with Crippen molar-refractivity contribution in [3.05, 3.63) is 41.6 Å². The predicted molar refractivity (Wildman–Crippen MR) is 97.5 cm³/mol. The number of amides is 2. The van der Waals surface area contributed by atoms with Crippen LogP contribution in [-0.2, 0) is 11.2 Å². The Morgan fingerprint density at radius 2 is 2.11 bits per heavy atom. The third-order valence-electron chi connectivity index (χ3n) is 4.75. The van der Waals surface area contributed by atoms with Gasteiger partial charge < -0.3 is 15.1 Å². The normalized spacial score (nSPS) is 18.6. The highest BCUT2D eigenvalue weighted by Gasteiger charge is 2.31. The van der Waals surface area contributed by atoms with E-state index in [1.54, 1.807) is 36.8 Å². The maximum absolute atomic E-state index is 12.2. The zero-order chi connectivity index (χ0) is 19.7. The number of nitrogens with one attached hydrogen (secondary N) is 2. The molecule has 4 rings (SSSR count). The number of hydrogen-bond donors (Lipinski definition) is 2. The zero-order valence-corrected chi connectivity index (χ0v) is 15.7. The van der Waals surface area contributed by atoms with Gasteiger partial charge in [0.15, 0.2) is 11.7 Å². The number of nitrogens with zero attached hydrogens (tertiary/aromatic N) is 5. The number of rotatable bonds is 6. The van der Waals surface area contributed by atoms with Crippen LogP contribution in [0.15, 0.2) is 22.9 Å². The minimum absolute atomic E-state index is 0.0883. The van der Waals surface area contributed by atoms with Crippen molar-refractivity contribution < 1.29 is 14.0 Å². The monoisotopic (exact) mass is 383 g/mol. The maximum Gasteiger partial charge on any atom is 0.289 e. The fraction of sp³-hybridized carbons (Fsp3) is 0.444. The van der Waals surface area contributed by atoms with Gasteiger partial charge in [0, 0.05) is 31.9 Å². The van der Waals surface area contributed by atoms with E-state index in [1.165, 1.54) is 0 Å². The molecule has 10 nitrogen and oxygen atoms in total. The molecule has 0 saturated heterocycles. The molecule has 3 heterocycles. The van der Waals surface area contributed by atoms with Gasteiger partial charge in [-0.1, -0.05) is 0 Å². The Kier molecular flexibility index (Phi) is 4.76. The Balaban J connectivity index is 1.19. The second kappa shape index (κ2) is 7.37. The molecule has 3 aromatic heterocycles. The van der Waals surface area contributed by atoms with E-state index in [1.807, 2.05) is 0 Å². The van der Waals surface area contributed by atoms with E-state index in [2.05, 4.69) is 30.7 Å². The number of fused-ring (bicyclic) bond motifs is 1. The van der Waals surface area contributed by atoms with E-state index in [-0.39, 0.29) is 30.0 Å². The van der Waals surface area contributed by atoms with Crippen LogP contribution in [0.4, 0.5) is 0 Å². The highest BCUT2D eigenvalue weighted by atomic mass is 16.4. The van der Waals surface area contributed by atoms with Crippen LogP contribution >= 0.6 is 0 Å². The van der Waals surface area contributed by atoms with E-state index in [9.17, 15) is 9.59 Å². The number of oxazole rings is 1. The van der Waals surface area contributed by atoms with Crippen molar-refractivity contribution in [1.29, 1.82) is 0 Å². The lowest BCUT2D eigenvalue weighted by Crippen LogP contribution is -2.47. The molecular formula is C18H21N7O3. The molecule has 1 aliphatic carbocycles. The largest absolute Gasteiger partial charge is 0.436 e. The van der Waals surface area contributed by atoms with Crippen LogP contribution in [0.25, 0.3) is 5.78 Å². The van der Waals surface area contributed by atoms with Crippen molar-refractivity contribution >= 4 is 17.6 Å². The summed E-state index contributed by atoms with van der Waals surface area (Å²) in [7, 11) is 0. The molecule has 0 unspecified atom stereocenters. The second-order valence-corrected chi connectivity index (χ2v) is 7.03. The lowest BCUT2D eigenvalue weighted by molar-refractivity contribution is -0.120. The van der Waals surface area contributed by atoms with Gasteiger partial charge in [0.2, 0.25) is 11.7 Å². The van der Waals surface area contributed by atoms with Crippen LogP contribution in [0.3, 0.4) is 0 Å². The van der Waals surface area contributed by atoms with Crippen LogP contribution in [0.2, 0.25) is 0 Å². The van der Waals surface area contributed by atoms with E-state index in [4.69, 9.17) is 4.42 Å². The molecule has 10 heteroatoms. The molecule has 0 radical (unpaired) electrons. The van der Waals surface area contributed by atoms with Crippen molar-refractivity contribution in [2.45, 2.75) is 39.2 Å². The van der Waals surface area contributed by atoms with Crippen LogP contribution in [0.1, 0.15) is 40.8 Å². The van der Waals surface area contributed by atoms with Crippen LogP contribution in [0.5, 0.6) is 0 Å².